The van der Waals surface area contributed by atoms with Crippen molar-refractivity contribution in [3.63, 3.8) is 0 Å². The van der Waals surface area contributed by atoms with Gasteiger partial charge in [-0.1, -0.05) is 39.5 Å². The summed E-state index contributed by atoms with van der Waals surface area (Å²) in [6.07, 6.45) is 6.22. The third kappa shape index (κ3) is 5.31. The van der Waals surface area contributed by atoms with E-state index in [9.17, 15) is 4.79 Å². The Morgan fingerprint density at radius 3 is 2.27 bits per heavy atom. The van der Waals surface area contributed by atoms with Crippen molar-refractivity contribution in [2.45, 2.75) is 71.8 Å². The van der Waals surface area contributed by atoms with Gasteiger partial charge in [0.1, 0.15) is 5.60 Å². The van der Waals surface area contributed by atoms with E-state index in [-0.39, 0.29) is 5.78 Å². The van der Waals surface area contributed by atoms with E-state index in [2.05, 4.69) is 6.92 Å². The van der Waals surface area contributed by atoms with Crippen molar-refractivity contribution in [3.05, 3.63) is 0 Å². The van der Waals surface area contributed by atoms with Gasteiger partial charge >= 0.3 is 0 Å². The highest BCUT2D eigenvalue weighted by molar-refractivity contribution is 5.86. The van der Waals surface area contributed by atoms with Gasteiger partial charge in [-0.05, 0) is 20.3 Å². The molecule has 2 heteroatoms. The van der Waals surface area contributed by atoms with E-state index in [1.54, 1.807) is 0 Å². The highest BCUT2D eigenvalue weighted by Crippen LogP contribution is 2.22. The van der Waals surface area contributed by atoms with E-state index in [0.29, 0.717) is 13.0 Å². The lowest BCUT2D eigenvalue weighted by Gasteiger charge is -2.27. The first-order valence-electron chi connectivity index (χ1n) is 6.28. The zero-order chi connectivity index (χ0) is 11.7. The SMILES string of the molecule is CCCCCCC(C)(OCC)C(=O)CC. The molecule has 0 heterocycles. The lowest BCUT2D eigenvalue weighted by molar-refractivity contribution is -0.142. The van der Waals surface area contributed by atoms with E-state index in [4.69, 9.17) is 4.74 Å². The molecule has 0 saturated carbocycles. The van der Waals surface area contributed by atoms with E-state index in [0.717, 1.165) is 12.8 Å². The van der Waals surface area contributed by atoms with Crippen LogP contribution in [0.15, 0.2) is 0 Å². The maximum Gasteiger partial charge on any atom is 0.164 e. The van der Waals surface area contributed by atoms with Gasteiger partial charge in [-0.15, -0.1) is 0 Å². The molecule has 0 amide bonds. The fourth-order valence-electron chi connectivity index (χ4n) is 1.87. The fraction of sp³-hybridized carbons (Fsp3) is 0.923. The van der Waals surface area contributed by atoms with Gasteiger partial charge < -0.3 is 4.74 Å². The van der Waals surface area contributed by atoms with Crippen LogP contribution in [0.4, 0.5) is 0 Å². The molecule has 0 rings (SSSR count). The van der Waals surface area contributed by atoms with Crippen molar-refractivity contribution >= 4 is 5.78 Å². The molecular weight excluding hydrogens is 188 g/mol. The molecule has 90 valence electrons. The van der Waals surface area contributed by atoms with Crippen LogP contribution in [-0.4, -0.2) is 18.0 Å². The Morgan fingerprint density at radius 1 is 1.13 bits per heavy atom. The molecule has 0 aromatic rings. The highest BCUT2D eigenvalue weighted by Gasteiger charge is 2.31. The third-order valence-corrected chi connectivity index (χ3v) is 2.88. The number of unbranched alkanes of at least 4 members (excludes halogenated alkanes) is 3. The Kier molecular flexibility index (Phi) is 7.67. The van der Waals surface area contributed by atoms with Crippen molar-refractivity contribution in [2.75, 3.05) is 6.61 Å². The molecule has 0 bridgehead atoms. The molecule has 0 saturated heterocycles. The van der Waals surface area contributed by atoms with Crippen molar-refractivity contribution in [2.24, 2.45) is 0 Å². The molecule has 0 radical (unpaired) electrons. The van der Waals surface area contributed by atoms with Gasteiger partial charge in [0.25, 0.3) is 0 Å². The van der Waals surface area contributed by atoms with E-state index < -0.39 is 5.60 Å². The predicted molar refractivity (Wildman–Crippen MR) is 64.1 cm³/mol. The molecule has 15 heavy (non-hydrogen) atoms. The minimum Gasteiger partial charge on any atom is -0.368 e. The number of carbonyl (C=O) groups excluding carboxylic acids is 1. The topological polar surface area (TPSA) is 26.3 Å². The lowest BCUT2D eigenvalue weighted by Crippen LogP contribution is -2.38. The van der Waals surface area contributed by atoms with E-state index in [1.807, 2.05) is 20.8 Å². The molecule has 0 aliphatic rings. The summed E-state index contributed by atoms with van der Waals surface area (Å²) in [6.45, 7) is 8.61. The van der Waals surface area contributed by atoms with Gasteiger partial charge in [0.2, 0.25) is 0 Å². The summed E-state index contributed by atoms with van der Waals surface area (Å²) in [5.74, 6) is 0.237. The summed E-state index contributed by atoms with van der Waals surface area (Å²) in [4.78, 5) is 11.8. The second kappa shape index (κ2) is 7.86. The zero-order valence-corrected chi connectivity index (χ0v) is 10.8. The van der Waals surface area contributed by atoms with Gasteiger partial charge in [0, 0.05) is 13.0 Å². The summed E-state index contributed by atoms with van der Waals surface area (Å²) in [7, 11) is 0. The molecule has 2 nitrogen and oxygen atoms in total. The van der Waals surface area contributed by atoms with Crippen LogP contribution in [0.25, 0.3) is 0 Å². The molecule has 0 aromatic heterocycles. The van der Waals surface area contributed by atoms with Crippen LogP contribution < -0.4 is 0 Å². The van der Waals surface area contributed by atoms with Gasteiger partial charge in [0.15, 0.2) is 5.78 Å². The van der Waals surface area contributed by atoms with Gasteiger partial charge in [-0.2, -0.15) is 0 Å². The van der Waals surface area contributed by atoms with Gasteiger partial charge in [0.05, 0.1) is 0 Å². The standard InChI is InChI=1S/C13H26O2/c1-5-8-9-10-11-13(4,15-7-3)12(14)6-2/h5-11H2,1-4H3. The van der Waals surface area contributed by atoms with Crippen LogP contribution in [0.5, 0.6) is 0 Å². The van der Waals surface area contributed by atoms with Crippen molar-refractivity contribution in [1.82, 2.24) is 0 Å². The summed E-state index contributed by atoms with van der Waals surface area (Å²) >= 11 is 0. The monoisotopic (exact) mass is 214 g/mol. The predicted octanol–water partition coefficient (Wildman–Crippen LogP) is 3.73. The molecular formula is C13H26O2. The second-order valence-electron chi connectivity index (χ2n) is 4.25. The molecule has 0 aliphatic carbocycles. The van der Waals surface area contributed by atoms with Crippen molar-refractivity contribution < 1.29 is 9.53 Å². The summed E-state index contributed by atoms with van der Waals surface area (Å²) in [6, 6.07) is 0. The van der Waals surface area contributed by atoms with Crippen LogP contribution in [0.2, 0.25) is 0 Å². The number of rotatable bonds is 9. The molecule has 1 atom stereocenters. The van der Waals surface area contributed by atoms with Crippen LogP contribution in [0.1, 0.15) is 66.2 Å². The normalized spacial score (nSPS) is 14.9. The highest BCUT2D eigenvalue weighted by atomic mass is 16.5. The Bertz CT molecular complexity index is 177. The third-order valence-electron chi connectivity index (χ3n) is 2.88. The van der Waals surface area contributed by atoms with Gasteiger partial charge in [-0.25, -0.2) is 0 Å². The molecule has 0 spiro atoms. The number of carbonyl (C=O) groups is 1. The van der Waals surface area contributed by atoms with Crippen LogP contribution in [0.3, 0.4) is 0 Å². The first-order valence-corrected chi connectivity index (χ1v) is 6.28. The molecule has 0 fully saturated rings. The maximum absolute atomic E-state index is 11.8. The Balaban J connectivity index is 4.07. The molecule has 0 aliphatic heterocycles. The smallest absolute Gasteiger partial charge is 0.164 e. The number of hydrogen-bond acceptors (Lipinski definition) is 2. The van der Waals surface area contributed by atoms with Crippen LogP contribution >= 0.6 is 0 Å². The quantitative estimate of drug-likeness (QED) is 0.547. The van der Waals surface area contributed by atoms with Crippen LogP contribution in [-0.2, 0) is 9.53 Å². The Morgan fingerprint density at radius 2 is 1.80 bits per heavy atom. The Hall–Kier alpha value is -0.370. The second-order valence-corrected chi connectivity index (χ2v) is 4.25. The average Bonchev–Trinajstić information content (AvgIpc) is 2.23. The fourth-order valence-corrected chi connectivity index (χ4v) is 1.87. The molecule has 0 N–H and O–H groups in total. The lowest BCUT2D eigenvalue weighted by atomic mass is 9.91. The largest absolute Gasteiger partial charge is 0.368 e. The number of ether oxygens (including phenoxy) is 1. The van der Waals surface area contributed by atoms with Gasteiger partial charge in [-0.3, -0.25) is 4.79 Å². The van der Waals surface area contributed by atoms with Crippen molar-refractivity contribution in [1.29, 1.82) is 0 Å². The minimum absolute atomic E-state index is 0.237. The maximum atomic E-state index is 11.8. The van der Waals surface area contributed by atoms with Crippen LogP contribution in [0, 0.1) is 0 Å². The summed E-state index contributed by atoms with van der Waals surface area (Å²) in [5.41, 5.74) is -0.531. The number of hydrogen-bond donors (Lipinski definition) is 0. The first-order chi connectivity index (χ1) is 7.10. The summed E-state index contributed by atoms with van der Waals surface area (Å²) < 4.78 is 5.61. The van der Waals surface area contributed by atoms with E-state index in [1.165, 1.54) is 19.3 Å². The Labute approximate surface area is 94.4 Å². The number of Topliss-reactive ketones (excluding diaryl/α,β-unsaturated/α-hetero) is 1. The zero-order valence-electron chi connectivity index (χ0n) is 10.8. The molecule has 0 aromatic carbocycles. The van der Waals surface area contributed by atoms with Crippen molar-refractivity contribution in [3.8, 4) is 0 Å². The first kappa shape index (κ1) is 14.6. The van der Waals surface area contributed by atoms with E-state index >= 15 is 0 Å². The minimum atomic E-state index is -0.531. The number of ketones is 1. The molecule has 1 unspecified atom stereocenters. The summed E-state index contributed by atoms with van der Waals surface area (Å²) in [5, 5.41) is 0. The average molecular weight is 214 g/mol.